The summed E-state index contributed by atoms with van der Waals surface area (Å²) < 4.78 is 26.8. The lowest BCUT2D eigenvalue weighted by Gasteiger charge is -2.35. The molecule has 4 rings (SSSR count). The van der Waals surface area contributed by atoms with Gasteiger partial charge in [-0.3, -0.25) is 4.79 Å². The third-order valence-corrected chi connectivity index (χ3v) is 4.86. The molecule has 2 aliphatic rings. The van der Waals surface area contributed by atoms with Crippen LogP contribution in [0.25, 0.3) is 0 Å². The lowest BCUT2D eigenvalue weighted by Crippen LogP contribution is -2.49. The molecule has 1 aliphatic heterocycles. The Morgan fingerprint density at radius 1 is 1.00 bits per heavy atom. The molecule has 2 heterocycles. The fraction of sp³-hybridized carbons (Fsp3) is 0.389. The van der Waals surface area contributed by atoms with Gasteiger partial charge in [0.1, 0.15) is 11.6 Å². The van der Waals surface area contributed by atoms with Crippen molar-refractivity contribution in [1.82, 2.24) is 15.1 Å². The van der Waals surface area contributed by atoms with E-state index in [0.29, 0.717) is 26.2 Å². The first-order valence-corrected chi connectivity index (χ1v) is 8.46. The zero-order chi connectivity index (χ0) is 17.4. The topological polar surface area (TPSA) is 49.3 Å². The van der Waals surface area contributed by atoms with Gasteiger partial charge in [-0.25, -0.2) is 8.78 Å². The Kier molecular flexibility index (Phi) is 4.07. The minimum absolute atomic E-state index is 0.0906. The maximum Gasteiger partial charge on any atom is 0.256 e. The number of rotatable bonds is 2. The molecule has 0 atom stereocenters. The molecule has 5 nitrogen and oxygen atoms in total. The molecule has 0 unspecified atom stereocenters. The van der Waals surface area contributed by atoms with E-state index in [-0.39, 0.29) is 5.56 Å². The van der Waals surface area contributed by atoms with Crippen LogP contribution in [-0.2, 0) is 12.8 Å². The number of aryl methyl sites for hydroxylation is 2. The monoisotopic (exact) mass is 344 g/mol. The third kappa shape index (κ3) is 3.06. The molecule has 1 saturated heterocycles. The van der Waals surface area contributed by atoms with Crippen molar-refractivity contribution >= 4 is 11.7 Å². The van der Waals surface area contributed by atoms with Gasteiger partial charge in [0.15, 0.2) is 5.82 Å². The molecule has 1 aromatic heterocycles. The van der Waals surface area contributed by atoms with Crippen LogP contribution in [0.1, 0.15) is 28.0 Å². The van der Waals surface area contributed by atoms with Crippen molar-refractivity contribution in [3.05, 3.63) is 52.7 Å². The Hall–Kier alpha value is -2.57. The number of aromatic nitrogens is 2. The van der Waals surface area contributed by atoms with Crippen LogP contribution in [-0.4, -0.2) is 47.2 Å². The van der Waals surface area contributed by atoms with Gasteiger partial charge in [0.05, 0.1) is 11.3 Å². The van der Waals surface area contributed by atoms with Gasteiger partial charge < -0.3 is 9.80 Å². The van der Waals surface area contributed by atoms with Gasteiger partial charge in [0, 0.05) is 32.2 Å². The number of carbonyl (C=O) groups excluding carboxylic acids is 1. The van der Waals surface area contributed by atoms with Crippen LogP contribution < -0.4 is 4.90 Å². The summed E-state index contributed by atoms with van der Waals surface area (Å²) in [6.45, 7) is 2.16. The summed E-state index contributed by atoms with van der Waals surface area (Å²) in [4.78, 5) is 16.1. The molecule has 0 saturated carbocycles. The number of nitrogens with zero attached hydrogens (tertiary/aromatic N) is 4. The van der Waals surface area contributed by atoms with Gasteiger partial charge in [0.2, 0.25) is 0 Å². The number of hydrogen-bond donors (Lipinski definition) is 0. The lowest BCUT2D eigenvalue weighted by molar-refractivity contribution is 0.0741. The quantitative estimate of drug-likeness (QED) is 0.838. The van der Waals surface area contributed by atoms with E-state index in [2.05, 4.69) is 21.2 Å². The standard InChI is InChI=1S/C18H18F2N4O/c19-13-4-5-14(15(20)11-13)18(25)24-8-6-23(7-9-24)17-10-12-2-1-3-16(12)21-22-17/h4-5,10-11H,1-3,6-9H2. The Morgan fingerprint density at radius 3 is 2.56 bits per heavy atom. The molecule has 0 radical (unpaired) electrons. The van der Waals surface area contributed by atoms with Crippen molar-refractivity contribution in [2.24, 2.45) is 0 Å². The van der Waals surface area contributed by atoms with Crippen molar-refractivity contribution in [1.29, 1.82) is 0 Å². The molecule has 25 heavy (non-hydrogen) atoms. The van der Waals surface area contributed by atoms with E-state index in [0.717, 1.165) is 42.9 Å². The summed E-state index contributed by atoms with van der Waals surface area (Å²) in [5, 5.41) is 8.60. The minimum Gasteiger partial charge on any atom is -0.352 e. The van der Waals surface area contributed by atoms with E-state index in [9.17, 15) is 13.6 Å². The van der Waals surface area contributed by atoms with Crippen LogP contribution in [0.3, 0.4) is 0 Å². The van der Waals surface area contributed by atoms with Crippen LogP contribution >= 0.6 is 0 Å². The number of piperazine rings is 1. The van der Waals surface area contributed by atoms with Gasteiger partial charge in [-0.15, -0.1) is 5.10 Å². The average molecular weight is 344 g/mol. The molecular formula is C18H18F2N4O. The van der Waals surface area contributed by atoms with Crippen molar-refractivity contribution in [2.45, 2.75) is 19.3 Å². The number of benzene rings is 1. The lowest BCUT2D eigenvalue weighted by atomic mass is 10.1. The number of amides is 1. The third-order valence-electron chi connectivity index (χ3n) is 4.86. The smallest absolute Gasteiger partial charge is 0.256 e. The van der Waals surface area contributed by atoms with E-state index in [1.807, 2.05) is 0 Å². The second-order valence-corrected chi connectivity index (χ2v) is 6.43. The summed E-state index contributed by atoms with van der Waals surface area (Å²) in [6, 6.07) is 5.13. The Balaban J connectivity index is 1.43. The van der Waals surface area contributed by atoms with E-state index >= 15 is 0 Å². The normalized spacial score (nSPS) is 16.9. The van der Waals surface area contributed by atoms with Crippen molar-refractivity contribution < 1.29 is 13.6 Å². The Morgan fingerprint density at radius 2 is 1.80 bits per heavy atom. The molecule has 1 aromatic carbocycles. The molecule has 1 aliphatic carbocycles. The highest BCUT2D eigenvalue weighted by molar-refractivity contribution is 5.94. The van der Waals surface area contributed by atoms with Crippen LogP contribution in [0.5, 0.6) is 0 Å². The highest BCUT2D eigenvalue weighted by Gasteiger charge is 2.25. The highest BCUT2D eigenvalue weighted by Crippen LogP contribution is 2.23. The summed E-state index contributed by atoms with van der Waals surface area (Å²) in [7, 11) is 0. The number of carbonyl (C=O) groups is 1. The SMILES string of the molecule is O=C(c1ccc(F)cc1F)N1CCN(c2cc3c(nn2)CCC3)CC1. The first kappa shape index (κ1) is 15.9. The van der Waals surface area contributed by atoms with E-state index < -0.39 is 17.5 Å². The van der Waals surface area contributed by atoms with Crippen molar-refractivity contribution in [3.8, 4) is 0 Å². The summed E-state index contributed by atoms with van der Waals surface area (Å²) in [5.41, 5.74) is 2.26. The molecular weight excluding hydrogens is 326 g/mol. The van der Waals surface area contributed by atoms with Crippen LogP contribution in [0.2, 0.25) is 0 Å². The number of halogens is 2. The largest absolute Gasteiger partial charge is 0.352 e. The van der Waals surface area contributed by atoms with Gasteiger partial charge in [-0.1, -0.05) is 0 Å². The number of hydrogen-bond acceptors (Lipinski definition) is 4. The van der Waals surface area contributed by atoms with Gasteiger partial charge >= 0.3 is 0 Å². The molecule has 0 bridgehead atoms. The van der Waals surface area contributed by atoms with Gasteiger partial charge in [-0.05, 0) is 43.0 Å². The van der Waals surface area contributed by atoms with Gasteiger partial charge in [0.25, 0.3) is 5.91 Å². The van der Waals surface area contributed by atoms with Crippen molar-refractivity contribution in [2.75, 3.05) is 31.1 Å². The van der Waals surface area contributed by atoms with Crippen LogP contribution in [0.4, 0.5) is 14.6 Å². The summed E-state index contributed by atoms with van der Waals surface area (Å²) in [5.74, 6) is -1.08. The molecule has 1 amide bonds. The minimum atomic E-state index is -0.822. The summed E-state index contributed by atoms with van der Waals surface area (Å²) in [6.07, 6.45) is 3.16. The van der Waals surface area contributed by atoms with Crippen LogP contribution in [0.15, 0.2) is 24.3 Å². The van der Waals surface area contributed by atoms with Crippen LogP contribution in [0, 0.1) is 11.6 Å². The van der Waals surface area contributed by atoms with E-state index in [1.165, 1.54) is 11.6 Å². The van der Waals surface area contributed by atoms with Gasteiger partial charge in [-0.2, -0.15) is 5.10 Å². The molecule has 7 heteroatoms. The zero-order valence-electron chi connectivity index (χ0n) is 13.7. The molecule has 0 spiro atoms. The predicted octanol–water partition coefficient (Wildman–Crippen LogP) is 2.21. The summed E-state index contributed by atoms with van der Waals surface area (Å²) >= 11 is 0. The first-order valence-electron chi connectivity index (χ1n) is 8.46. The molecule has 0 N–H and O–H groups in total. The highest BCUT2D eigenvalue weighted by atomic mass is 19.1. The second kappa shape index (κ2) is 6.38. The zero-order valence-corrected chi connectivity index (χ0v) is 13.7. The number of fused-ring (bicyclic) bond motifs is 1. The average Bonchev–Trinajstić information content (AvgIpc) is 3.09. The first-order chi connectivity index (χ1) is 12.1. The Labute approximate surface area is 144 Å². The maximum atomic E-state index is 13.8. The maximum absolute atomic E-state index is 13.8. The fourth-order valence-corrected chi connectivity index (χ4v) is 3.44. The van der Waals surface area contributed by atoms with E-state index in [1.54, 1.807) is 4.90 Å². The second-order valence-electron chi connectivity index (χ2n) is 6.43. The fourth-order valence-electron chi connectivity index (χ4n) is 3.44. The molecule has 2 aromatic rings. The molecule has 130 valence electrons. The Bertz CT molecular complexity index is 819. The van der Waals surface area contributed by atoms with E-state index in [4.69, 9.17) is 0 Å². The number of anilines is 1. The molecule has 1 fully saturated rings. The predicted molar refractivity (Wildman–Crippen MR) is 88.5 cm³/mol. The van der Waals surface area contributed by atoms with Crippen molar-refractivity contribution in [3.63, 3.8) is 0 Å².